The lowest BCUT2D eigenvalue weighted by Gasteiger charge is -2.18. The Labute approximate surface area is 226 Å². The minimum atomic E-state index is -3.91. The van der Waals surface area contributed by atoms with Gasteiger partial charge in [0, 0.05) is 36.7 Å². The predicted octanol–water partition coefficient (Wildman–Crippen LogP) is 1.29. The number of halogens is 1. The molecule has 5 N–H and O–H groups in total. The standard InChI is InChI=1S/C26H30ClN5O5S/c27-22-10-9-20(15-28)21(14-22)16-29-25(33)17-30-26(34)24(12-11-23-8-4-5-13-32(23)35)31-38(36,37)18-19-6-2-1-3-7-19/h1-10,13-14,24,31H,11-12,15-18,28H2,(H,29,33)(H,30,34)/t24-/m0/s1. The number of nitrogens with one attached hydrogen (secondary N) is 3. The first-order valence-corrected chi connectivity index (χ1v) is 13.9. The summed E-state index contributed by atoms with van der Waals surface area (Å²) < 4.78 is 28.7. The molecule has 0 aliphatic carbocycles. The molecule has 0 saturated carbocycles. The van der Waals surface area contributed by atoms with Crippen LogP contribution in [0.15, 0.2) is 72.9 Å². The highest BCUT2D eigenvalue weighted by Gasteiger charge is 2.26. The zero-order chi connectivity index (χ0) is 27.5. The van der Waals surface area contributed by atoms with Gasteiger partial charge in [0.2, 0.25) is 21.8 Å². The number of sulfonamides is 1. The van der Waals surface area contributed by atoms with Crippen molar-refractivity contribution in [3.63, 3.8) is 0 Å². The smallest absolute Gasteiger partial charge is 0.239 e. The molecule has 12 heteroatoms. The number of pyridine rings is 1. The first-order valence-electron chi connectivity index (χ1n) is 11.9. The summed E-state index contributed by atoms with van der Waals surface area (Å²) in [6.07, 6.45) is 1.47. The van der Waals surface area contributed by atoms with Gasteiger partial charge in [-0.15, -0.1) is 0 Å². The van der Waals surface area contributed by atoms with Gasteiger partial charge in [-0.1, -0.05) is 54.1 Å². The van der Waals surface area contributed by atoms with Crippen molar-refractivity contribution < 1.29 is 22.7 Å². The zero-order valence-corrected chi connectivity index (χ0v) is 22.2. The maximum Gasteiger partial charge on any atom is 0.239 e. The summed E-state index contributed by atoms with van der Waals surface area (Å²) in [7, 11) is -3.91. The third-order valence-corrected chi connectivity index (χ3v) is 7.31. The van der Waals surface area contributed by atoms with E-state index in [-0.39, 0.29) is 38.2 Å². The maximum absolute atomic E-state index is 13.0. The molecule has 0 aliphatic rings. The van der Waals surface area contributed by atoms with E-state index in [2.05, 4.69) is 15.4 Å². The van der Waals surface area contributed by atoms with Crippen molar-refractivity contribution in [3.8, 4) is 0 Å². The molecular weight excluding hydrogens is 530 g/mol. The van der Waals surface area contributed by atoms with Crippen molar-refractivity contribution in [2.45, 2.75) is 37.7 Å². The molecule has 0 aliphatic heterocycles. The Morgan fingerprint density at radius 3 is 2.45 bits per heavy atom. The highest BCUT2D eigenvalue weighted by Crippen LogP contribution is 2.15. The van der Waals surface area contributed by atoms with Crippen molar-refractivity contribution in [1.82, 2.24) is 15.4 Å². The number of aromatic nitrogens is 1. The van der Waals surface area contributed by atoms with E-state index in [1.165, 1.54) is 6.20 Å². The van der Waals surface area contributed by atoms with Crippen LogP contribution in [0.3, 0.4) is 0 Å². The minimum absolute atomic E-state index is 0.0100. The summed E-state index contributed by atoms with van der Waals surface area (Å²) >= 11 is 6.03. The lowest BCUT2D eigenvalue weighted by atomic mass is 10.1. The van der Waals surface area contributed by atoms with E-state index >= 15 is 0 Å². The zero-order valence-electron chi connectivity index (χ0n) is 20.6. The number of amides is 2. The summed E-state index contributed by atoms with van der Waals surface area (Å²) in [4.78, 5) is 25.4. The molecule has 3 rings (SSSR count). The molecule has 1 heterocycles. The summed E-state index contributed by atoms with van der Waals surface area (Å²) in [5.74, 6) is -1.49. The SMILES string of the molecule is NCc1ccc(Cl)cc1CNC(=O)CNC(=O)[C@H](CCc1cccc[n+]1[O-])NS(=O)(=O)Cc1ccccc1. The van der Waals surface area contributed by atoms with Crippen LogP contribution in [-0.4, -0.2) is 32.8 Å². The lowest BCUT2D eigenvalue weighted by Crippen LogP contribution is -2.49. The van der Waals surface area contributed by atoms with Gasteiger partial charge in [-0.25, -0.2) is 13.1 Å². The highest BCUT2D eigenvalue weighted by atomic mass is 35.5. The number of carbonyl (C=O) groups excluding carboxylic acids is 2. The van der Waals surface area contributed by atoms with Gasteiger partial charge < -0.3 is 21.6 Å². The monoisotopic (exact) mass is 559 g/mol. The van der Waals surface area contributed by atoms with E-state index in [4.69, 9.17) is 17.3 Å². The third-order valence-electron chi connectivity index (χ3n) is 5.72. The highest BCUT2D eigenvalue weighted by molar-refractivity contribution is 7.88. The summed E-state index contributed by atoms with van der Waals surface area (Å²) in [5.41, 5.74) is 8.23. The molecule has 0 spiro atoms. The molecule has 202 valence electrons. The predicted molar refractivity (Wildman–Crippen MR) is 144 cm³/mol. The minimum Gasteiger partial charge on any atom is -0.619 e. The van der Waals surface area contributed by atoms with Gasteiger partial charge in [0.05, 0.1) is 12.3 Å². The molecule has 1 aromatic heterocycles. The summed E-state index contributed by atoms with van der Waals surface area (Å²) in [6.45, 7) is 0.0578. The van der Waals surface area contributed by atoms with Gasteiger partial charge in [-0.3, -0.25) is 9.59 Å². The molecule has 0 radical (unpaired) electrons. The molecule has 2 aromatic carbocycles. The molecule has 0 bridgehead atoms. The Bertz CT molecular complexity index is 1360. The van der Waals surface area contributed by atoms with E-state index in [9.17, 15) is 23.2 Å². The van der Waals surface area contributed by atoms with Crippen LogP contribution in [0.25, 0.3) is 0 Å². The number of carbonyl (C=O) groups is 2. The Kier molecular flexibility index (Phi) is 10.6. The number of hydrogen-bond acceptors (Lipinski definition) is 6. The number of hydrogen-bond donors (Lipinski definition) is 4. The molecular formula is C26H30ClN5O5S. The van der Waals surface area contributed by atoms with Gasteiger partial charge in [0.15, 0.2) is 11.9 Å². The number of aryl methyl sites for hydroxylation is 1. The lowest BCUT2D eigenvalue weighted by molar-refractivity contribution is -0.614. The van der Waals surface area contributed by atoms with Crippen LogP contribution in [0.4, 0.5) is 0 Å². The van der Waals surface area contributed by atoms with Crippen LogP contribution in [0, 0.1) is 5.21 Å². The normalized spacial score (nSPS) is 12.1. The van der Waals surface area contributed by atoms with E-state index in [0.717, 1.165) is 11.1 Å². The number of nitrogens with zero attached hydrogens (tertiary/aromatic N) is 1. The van der Waals surface area contributed by atoms with Crippen LogP contribution in [0.2, 0.25) is 5.02 Å². The quantitative estimate of drug-likeness (QED) is 0.182. The molecule has 0 saturated heterocycles. The maximum atomic E-state index is 13.0. The third kappa shape index (κ3) is 9.10. The van der Waals surface area contributed by atoms with Crippen molar-refractivity contribution in [1.29, 1.82) is 0 Å². The van der Waals surface area contributed by atoms with E-state index < -0.39 is 27.9 Å². The average molecular weight is 560 g/mol. The van der Waals surface area contributed by atoms with Gasteiger partial charge in [-0.2, -0.15) is 4.73 Å². The molecule has 2 amide bonds. The van der Waals surface area contributed by atoms with E-state index in [1.54, 1.807) is 66.7 Å². The number of nitrogens with two attached hydrogens (primary N) is 1. The fourth-order valence-corrected chi connectivity index (χ4v) is 5.32. The Hall–Kier alpha value is -3.51. The number of benzene rings is 2. The Morgan fingerprint density at radius 1 is 1.00 bits per heavy atom. The van der Waals surface area contributed by atoms with Crippen molar-refractivity contribution in [2.75, 3.05) is 6.54 Å². The second kappa shape index (κ2) is 13.9. The molecule has 0 fully saturated rings. The first-order chi connectivity index (χ1) is 18.2. The summed E-state index contributed by atoms with van der Waals surface area (Å²) in [6, 6.07) is 17.4. The molecule has 3 aromatic rings. The first kappa shape index (κ1) is 29.1. The second-order valence-corrected chi connectivity index (χ2v) is 10.8. The van der Waals surface area contributed by atoms with Crippen LogP contribution in [-0.2, 0) is 44.9 Å². The van der Waals surface area contributed by atoms with E-state index in [0.29, 0.717) is 21.0 Å². The molecule has 10 nitrogen and oxygen atoms in total. The topological polar surface area (TPSA) is 157 Å². The molecule has 0 unspecified atom stereocenters. The van der Waals surface area contributed by atoms with Gasteiger partial charge in [0.25, 0.3) is 0 Å². The molecule has 38 heavy (non-hydrogen) atoms. The van der Waals surface area contributed by atoms with Crippen LogP contribution in [0.5, 0.6) is 0 Å². The van der Waals surface area contributed by atoms with Crippen molar-refractivity contribution in [2.24, 2.45) is 5.73 Å². The molecule has 1 atom stereocenters. The van der Waals surface area contributed by atoms with Crippen LogP contribution < -0.4 is 25.8 Å². The fraction of sp³-hybridized carbons (Fsp3) is 0.269. The van der Waals surface area contributed by atoms with E-state index in [1.807, 2.05) is 0 Å². The van der Waals surface area contributed by atoms with Crippen molar-refractivity contribution >= 4 is 33.4 Å². The summed E-state index contributed by atoms with van der Waals surface area (Å²) in [5, 5.41) is 17.7. The Balaban J connectivity index is 1.63. The van der Waals surface area contributed by atoms with Gasteiger partial charge >= 0.3 is 0 Å². The van der Waals surface area contributed by atoms with Gasteiger partial charge in [0.1, 0.15) is 6.04 Å². The van der Waals surface area contributed by atoms with Crippen molar-refractivity contribution in [3.05, 3.63) is 106 Å². The Morgan fingerprint density at radius 2 is 1.74 bits per heavy atom. The van der Waals surface area contributed by atoms with Gasteiger partial charge in [-0.05, 0) is 35.2 Å². The largest absolute Gasteiger partial charge is 0.619 e. The number of rotatable bonds is 13. The second-order valence-electron chi connectivity index (χ2n) is 8.58. The fourth-order valence-electron chi connectivity index (χ4n) is 3.75. The average Bonchev–Trinajstić information content (AvgIpc) is 2.89. The van der Waals surface area contributed by atoms with Crippen LogP contribution >= 0.6 is 11.6 Å². The van der Waals surface area contributed by atoms with Crippen LogP contribution in [0.1, 0.15) is 28.8 Å².